The van der Waals surface area contributed by atoms with Gasteiger partial charge in [-0.15, -0.1) is 0 Å². The third-order valence-corrected chi connectivity index (χ3v) is 10.6. The molecule has 11 aromatic rings. The molecule has 3 aromatic heterocycles. The van der Waals surface area contributed by atoms with Crippen LogP contribution in [0.25, 0.3) is 99.9 Å². The van der Waals surface area contributed by atoms with E-state index in [0.717, 1.165) is 49.9 Å². The van der Waals surface area contributed by atoms with Gasteiger partial charge in [0.1, 0.15) is 0 Å². The van der Waals surface area contributed by atoms with E-state index in [9.17, 15) is 0 Å². The summed E-state index contributed by atoms with van der Waals surface area (Å²) >= 11 is 0. The zero-order valence-corrected chi connectivity index (χ0v) is 29.1. The lowest BCUT2D eigenvalue weighted by Gasteiger charge is -2.15. The average molecular weight is 690 g/mol. The minimum absolute atomic E-state index is 0.626. The van der Waals surface area contributed by atoms with Gasteiger partial charge in [-0.05, 0) is 53.9 Å². The minimum atomic E-state index is 0.626. The van der Waals surface area contributed by atoms with Crippen molar-refractivity contribution >= 4 is 54.4 Å². The predicted octanol–water partition coefficient (Wildman–Crippen LogP) is 12.2. The molecule has 0 bridgehead atoms. The van der Waals surface area contributed by atoms with Gasteiger partial charge in [-0.25, -0.2) is 15.0 Å². The second-order valence-corrected chi connectivity index (χ2v) is 13.6. The summed E-state index contributed by atoms with van der Waals surface area (Å²) < 4.78 is 4.71. The van der Waals surface area contributed by atoms with Gasteiger partial charge in [0.25, 0.3) is 0 Å². The third kappa shape index (κ3) is 4.69. The third-order valence-electron chi connectivity index (χ3n) is 10.6. The topological polar surface area (TPSA) is 48.5 Å². The Hall–Kier alpha value is -7.37. The maximum atomic E-state index is 5.27. The Bertz CT molecular complexity index is 3160. The van der Waals surface area contributed by atoms with E-state index >= 15 is 0 Å². The van der Waals surface area contributed by atoms with E-state index in [1.807, 2.05) is 18.2 Å². The predicted molar refractivity (Wildman–Crippen MR) is 222 cm³/mol. The molecule has 0 amide bonds. The molecule has 0 N–H and O–H groups in total. The van der Waals surface area contributed by atoms with Crippen molar-refractivity contribution in [3.8, 4) is 45.5 Å². The summed E-state index contributed by atoms with van der Waals surface area (Å²) in [6.07, 6.45) is 0. The first-order valence-corrected chi connectivity index (χ1v) is 18.2. The summed E-state index contributed by atoms with van der Waals surface area (Å²) in [5, 5.41) is 7.06. The number of para-hydroxylation sites is 4. The molecule has 0 saturated heterocycles. The van der Waals surface area contributed by atoms with Gasteiger partial charge in [-0.1, -0.05) is 140 Å². The molecule has 5 nitrogen and oxygen atoms in total. The number of hydrogen-bond acceptors (Lipinski definition) is 3. The van der Waals surface area contributed by atoms with Gasteiger partial charge >= 0.3 is 0 Å². The van der Waals surface area contributed by atoms with Gasteiger partial charge in [0.2, 0.25) is 0 Å². The molecule has 0 radical (unpaired) electrons. The standard InChI is InChI=1S/C49H31N5/c1-3-15-32(16-4-1)47-50-48(33-27-28-40-39-23-9-12-24-42(39)53(46(40)31-33)34-17-5-2-6-18-34)52-49(51-47)41-29-30-45(36-20-8-7-19-35(36)41)54-43-25-13-10-21-37(43)38-22-11-14-26-44(38)54/h1-31H. The minimum Gasteiger partial charge on any atom is -0.309 e. The van der Waals surface area contributed by atoms with Crippen molar-refractivity contribution in [2.45, 2.75) is 0 Å². The fraction of sp³-hybridized carbons (Fsp3) is 0. The highest BCUT2D eigenvalue weighted by molar-refractivity contribution is 6.12. The quantitative estimate of drug-likeness (QED) is 0.181. The summed E-state index contributed by atoms with van der Waals surface area (Å²) in [5.41, 5.74) is 9.65. The molecule has 0 saturated carbocycles. The molecule has 54 heavy (non-hydrogen) atoms. The van der Waals surface area contributed by atoms with E-state index < -0.39 is 0 Å². The van der Waals surface area contributed by atoms with E-state index in [4.69, 9.17) is 15.0 Å². The van der Waals surface area contributed by atoms with E-state index in [2.05, 4.69) is 179 Å². The Morgan fingerprint density at radius 1 is 0.296 bits per heavy atom. The number of fused-ring (bicyclic) bond motifs is 7. The molecular formula is C49H31N5. The maximum absolute atomic E-state index is 5.27. The lowest BCUT2D eigenvalue weighted by molar-refractivity contribution is 1.08. The van der Waals surface area contributed by atoms with E-state index in [-0.39, 0.29) is 0 Å². The van der Waals surface area contributed by atoms with Gasteiger partial charge in [0.15, 0.2) is 17.5 Å². The molecule has 0 atom stereocenters. The van der Waals surface area contributed by atoms with Crippen LogP contribution < -0.4 is 0 Å². The maximum Gasteiger partial charge on any atom is 0.164 e. The number of hydrogen-bond donors (Lipinski definition) is 0. The van der Waals surface area contributed by atoms with Crippen molar-refractivity contribution < 1.29 is 0 Å². The molecule has 0 fully saturated rings. The summed E-state index contributed by atoms with van der Waals surface area (Å²) in [6.45, 7) is 0. The molecule has 3 heterocycles. The van der Waals surface area contributed by atoms with Gasteiger partial charge in [-0.2, -0.15) is 0 Å². The Morgan fingerprint density at radius 3 is 1.43 bits per heavy atom. The van der Waals surface area contributed by atoms with E-state index in [1.165, 1.54) is 32.6 Å². The van der Waals surface area contributed by atoms with Crippen molar-refractivity contribution in [3.63, 3.8) is 0 Å². The highest BCUT2D eigenvalue weighted by Crippen LogP contribution is 2.39. The van der Waals surface area contributed by atoms with E-state index in [0.29, 0.717) is 17.5 Å². The number of aromatic nitrogens is 5. The van der Waals surface area contributed by atoms with Crippen molar-refractivity contribution in [3.05, 3.63) is 188 Å². The molecule has 0 aliphatic rings. The van der Waals surface area contributed by atoms with Gasteiger partial charge in [0, 0.05) is 49.3 Å². The fourth-order valence-electron chi connectivity index (χ4n) is 8.16. The Balaban J connectivity index is 1.15. The smallest absolute Gasteiger partial charge is 0.164 e. The zero-order valence-electron chi connectivity index (χ0n) is 29.1. The number of benzene rings is 8. The fourth-order valence-corrected chi connectivity index (χ4v) is 8.16. The monoisotopic (exact) mass is 689 g/mol. The van der Waals surface area contributed by atoms with Gasteiger partial charge < -0.3 is 9.13 Å². The average Bonchev–Trinajstić information content (AvgIpc) is 3.76. The van der Waals surface area contributed by atoms with Crippen molar-refractivity contribution in [1.29, 1.82) is 0 Å². The summed E-state index contributed by atoms with van der Waals surface area (Å²) in [4.78, 5) is 15.6. The summed E-state index contributed by atoms with van der Waals surface area (Å²) in [6, 6.07) is 66.1. The lowest BCUT2D eigenvalue weighted by Crippen LogP contribution is -2.02. The highest BCUT2D eigenvalue weighted by Gasteiger charge is 2.20. The van der Waals surface area contributed by atoms with Crippen molar-refractivity contribution in [2.24, 2.45) is 0 Å². The highest BCUT2D eigenvalue weighted by atomic mass is 15.0. The molecule has 11 rings (SSSR count). The Labute approximate surface area is 311 Å². The molecule has 8 aromatic carbocycles. The summed E-state index contributed by atoms with van der Waals surface area (Å²) in [7, 11) is 0. The first-order chi connectivity index (χ1) is 26.8. The molecule has 0 spiro atoms. The van der Waals surface area contributed by atoms with Crippen molar-refractivity contribution in [1.82, 2.24) is 24.1 Å². The SMILES string of the molecule is c1ccc(-c2nc(-c3ccc4c5ccccc5n(-c5ccccc5)c4c3)nc(-c3ccc(-n4c5ccccc5c5ccccc54)c4ccccc34)n2)cc1. The molecule has 0 aliphatic carbocycles. The lowest BCUT2D eigenvalue weighted by atomic mass is 10.0. The Morgan fingerprint density at radius 2 is 0.778 bits per heavy atom. The van der Waals surface area contributed by atoms with Crippen LogP contribution in [0.3, 0.4) is 0 Å². The van der Waals surface area contributed by atoms with Crippen molar-refractivity contribution in [2.75, 3.05) is 0 Å². The molecule has 0 unspecified atom stereocenters. The first kappa shape index (κ1) is 30.3. The van der Waals surface area contributed by atoms with E-state index in [1.54, 1.807) is 0 Å². The molecule has 5 heteroatoms. The van der Waals surface area contributed by atoms with Crippen LogP contribution in [-0.2, 0) is 0 Å². The second-order valence-electron chi connectivity index (χ2n) is 13.6. The van der Waals surface area contributed by atoms with Gasteiger partial charge in [0.05, 0.1) is 27.8 Å². The van der Waals surface area contributed by atoms with Crippen LogP contribution in [0.4, 0.5) is 0 Å². The Kier molecular flexibility index (Phi) is 6.79. The van der Waals surface area contributed by atoms with Gasteiger partial charge in [-0.3, -0.25) is 0 Å². The van der Waals surface area contributed by atoms with Crippen LogP contribution in [0.1, 0.15) is 0 Å². The van der Waals surface area contributed by atoms with Crippen LogP contribution in [0.5, 0.6) is 0 Å². The number of rotatable bonds is 5. The molecule has 252 valence electrons. The normalized spacial score (nSPS) is 11.7. The first-order valence-electron chi connectivity index (χ1n) is 18.2. The molecular weight excluding hydrogens is 659 g/mol. The van der Waals surface area contributed by atoms with Crippen LogP contribution >= 0.6 is 0 Å². The van der Waals surface area contributed by atoms with Crippen LogP contribution in [-0.4, -0.2) is 24.1 Å². The second kappa shape index (κ2) is 12.1. The summed E-state index contributed by atoms with van der Waals surface area (Å²) in [5.74, 6) is 1.89. The van der Waals surface area contributed by atoms with Crippen LogP contribution in [0, 0.1) is 0 Å². The molecule has 0 aliphatic heterocycles. The zero-order chi connectivity index (χ0) is 35.6. The van der Waals surface area contributed by atoms with Crippen LogP contribution in [0.15, 0.2) is 188 Å². The van der Waals surface area contributed by atoms with Crippen LogP contribution in [0.2, 0.25) is 0 Å². The largest absolute Gasteiger partial charge is 0.309 e. The number of nitrogens with zero attached hydrogens (tertiary/aromatic N) is 5.